The van der Waals surface area contributed by atoms with Crippen LogP contribution in [0, 0.1) is 5.41 Å². The number of allylic oxidation sites excluding steroid dienone is 5. The van der Waals surface area contributed by atoms with E-state index in [9.17, 15) is 4.79 Å². The first kappa shape index (κ1) is 24.4. The van der Waals surface area contributed by atoms with Gasteiger partial charge < -0.3 is 4.74 Å². The fraction of sp³-hybridized carbons (Fsp3) is 0.625. The summed E-state index contributed by atoms with van der Waals surface area (Å²) < 4.78 is 5.80. The Labute approximate surface area is 162 Å². The van der Waals surface area contributed by atoms with Crippen LogP contribution in [0.2, 0.25) is 0 Å². The lowest BCUT2D eigenvalue weighted by atomic mass is 9.82. The molecule has 0 aliphatic heterocycles. The summed E-state index contributed by atoms with van der Waals surface area (Å²) in [5, 5.41) is 0. The maximum Gasteiger partial charge on any atom is 0.307 e. The van der Waals surface area contributed by atoms with Crippen molar-refractivity contribution in [2.75, 3.05) is 0 Å². The molecule has 0 aliphatic carbocycles. The van der Waals surface area contributed by atoms with Crippen molar-refractivity contribution in [3.63, 3.8) is 0 Å². The summed E-state index contributed by atoms with van der Waals surface area (Å²) in [4.78, 5) is 12.5. The van der Waals surface area contributed by atoms with Crippen LogP contribution < -0.4 is 0 Å². The van der Waals surface area contributed by atoms with Gasteiger partial charge in [-0.15, -0.1) is 6.58 Å². The molecule has 26 heavy (non-hydrogen) atoms. The number of ether oxygens (including phenoxy) is 1. The van der Waals surface area contributed by atoms with Gasteiger partial charge >= 0.3 is 5.97 Å². The highest BCUT2D eigenvalue weighted by molar-refractivity contribution is 5.71. The van der Waals surface area contributed by atoms with Gasteiger partial charge in [-0.3, -0.25) is 4.79 Å². The van der Waals surface area contributed by atoms with Gasteiger partial charge in [0, 0.05) is 0 Å². The molecular weight excluding hydrogens is 320 g/mol. The normalized spacial score (nSPS) is 17.2. The molecule has 0 radical (unpaired) electrons. The molecule has 0 bridgehead atoms. The van der Waals surface area contributed by atoms with E-state index in [0.29, 0.717) is 6.42 Å². The molecule has 0 saturated heterocycles. The van der Waals surface area contributed by atoms with Crippen LogP contribution in [0.25, 0.3) is 0 Å². The largest absolute Gasteiger partial charge is 0.455 e. The average Bonchev–Trinajstić information content (AvgIpc) is 2.60. The van der Waals surface area contributed by atoms with E-state index in [1.165, 1.54) is 11.1 Å². The van der Waals surface area contributed by atoms with Gasteiger partial charge in [0.25, 0.3) is 0 Å². The van der Waals surface area contributed by atoms with E-state index in [0.717, 1.165) is 38.5 Å². The highest BCUT2D eigenvalue weighted by Crippen LogP contribution is 2.31. The van der Waals surface area contributed by atoms with Crippen molar-refractivity contribution in [3.8, 4) is 0 Å². The highest BCUT2D eigenvalue weighted by Gasteiger charge is 2.29. The second kappa shape index (κ2) is 11.9. The average molecular weight is 361 g/mol. The molecule has 0 saturated carbocycles. The predicted molar refractivity (Wildman–Crippen MR) is 114 cm³/mol. The predicted octanol–water partition coefficient (Wildman–Crippen LogP) is 7.33. The minimum atomic E-state index is -0.623. The van der Waals surface area contributed by atoms with Crippen molar-refractivity contribution >= 4 is 5.97 Å². The van der Waals surface area contributed by atoms with Crippen LogP contribution in [-0.4, -0.2) is 11.6 Å². The molecule has 0 heterocycles. The van der Waals surface area contributed by atoms with Crippen molar-refractivity contribution in [1.82, 2.24) is 0 Å². The van der Waals surface area contributed by atoms with Crippen molar-refractivity contribution in [1.29, 1.82) is 0 Å². The van der Waals surface area contributed by atoms with Gasteiger partial charge in [0.1, 0.15) is 5.60 Å². The summed E-state index contributed by atoms with van der Waals surface area (Å²) in [6.07, 6.45) is 14.1. The van der Waals surface area contributed by atoms with Gasteiger partial charge in [-0.1, -0.05) is 56.7 Å². The number of hydrogen-bond donors (Lipinski definition) is 0. The Morgan fingerprint density at radius 2 is 1.42 bits per heavy atom. The third-order valence-electron chi connectivity index (χ3n) is 5.28. The quantitative estimate of drug-likeness (QED) is 0.254. The van der Waals surface area contributed by atoms with Crippen molar-refractivity contribution < 1.29 is 9.53 Å². The Morgan fingerprint density at radius 1 is 0.923 bits per heavy atom. The smallest absolute Gasteiger partial charge is 0.307 e. The first-order valence-corrected chi connectivity index (χ1v) is 9.94. The summed E-state index contributed by atoms with van der Waals surface area (Å²) in [5.41, 5.74) is 1.87. The maximum atomic E-state index is 12.5. The monoisotopic (exact) mass is 360 g/mol. The summed E-state index contributed by atoms with van der Waals surface area (Å²) in [7, 11) is 0. The molecule has 0 aromatic rings. The van der Waals surface area contributed by atoms with E-state index in [4.69, 9.17) is 4.74 Å². The first-order chi connectivity index (χ1) is 12.1. The second-order valence-corrected chi connectivity index (χ2v) is 7.91. The SMILES string of the molecule is C=CC(C)(CC/C=C(/C)CC)CC(=O)OC(C)(C=C)CC/C=C(\C)CC. The first-order valence-electron chi connectivity index (χ1n) is 9.94. The second-order valence-electron chi connectivity index (χ2n) is 7.91. The highest BCUT2D eigenvalue weighted by atomic mass is 16.6. The van der Waals surface area contributed by atoms with Crippen LogP contribution in [0.15, 0.2) is 48.6 Å². The zero-order valence-corrected chi connectivity index (χ0v) is 18.0. The number of rotatable bonds is 13. The molecule has 2 atom stereocenters. The lowest BCUT2D eigenvalue weighted by Crippen LogP contribution is -2.31. The minimum absolute atomic E-state index is 0.179. The molecule has 148 valence electrons. The Hall–Kier alpha value is -1.57. The zero-order valence-electron chi connectivity index (χ0n) is 18.0. The van der Waals surface area contributed by atoms with Gasteiger partial charge in [-0.25, -0.2) is 0 Å². The van der Waals surface area contributed by atoms with E-state index < -0.39 is 5.60 Å². The Kier molecular flexibility index (Phi) is 11.2. The minimum Gasteiger partial charge on any atom is -0.455 e. The standard InChI is InChI=1S/C24H40O2/c1-9-20(5)15-13-17-23(7,11-3)19-22(25)26-24(8,12-4)18-14-16-21(6)10-2/h11-12,15-16H,3-4,9-10,13-14,17-19H2,1-2,5-8H3/b20-15-,21-16+. The molecule has 2 unspecified atom stereocenters. The van der Waals surface area contributed by atoms with E-state index in [1.807, 2.05) is 13.0 Å². The van der Waals surface area contributed by atoms with Crippen molar-refractivity contribution in [2.24, 2.45) is 5.41 Å². The van der Waals surface area contributed by atoms with Gasteiger partial charge in [-0.05, 0) is 70.8 Å². The summed E-state index contributed by atoms with van der Waals surface area (Å²) in [6.45, 7) is 20.4. The molecule has 0 aromatic heterocycles. The van der Waals surface area contributed by atoms with Crippen LogP contribution in [-0.2, 0) is 9.53 Å². The molecule has 0 aromatic carbocycles. The number of carbonyl (C=O) groups is 1. The van der Waals surface area contributed by atoms with Gasteiger partial charge in [0.05, 0.1) is 6.42 Å². The van der Waals surface area contributed by atoms with Crippen LogP contribution in [0.5, 0.6) is 0 Å². The molecule has 0 N–H and O–H groups in total. The number of carbonyl (C=O) groups excluding carboxylic acids is 1. The summed E-state index contributed by atoms with van der Waals surface area (Å²) in [6, 6.07) is 0. The molecule has 0 spiro atoms. The Bertz CT molecular complexity index is 480. The van der Waals surface area contributed by atoms with E-state index in [1.54, 1.807) is 6.08 Å². The number of esters is 1. The lowest BCUT2D eigenvalue weighted by molar-refractivity contribution is -0.156. The van der Waals surface area contributed by atoms with E-state index >= 15 is 0 Å². The van der Waals surface area contributed by atoms with Gasteiger partial charge in [0.15, 0.2) is 0 Å². The molecular formula is C24H40O2. The maximum absolute atomic E-state index is 12.5. The van der Waals surface area contributed by atoms with Crippen LogP contribution in [0.1, 0.15) is 86.5 Å². The lowest BCUT2D eigenvalue weighted by Gasteiger charge is -2.29. The Balaban J connectivity index is 4.77. The molecule has 0 aliphatic rings. The fourth-order valence-electron chi connectivity index (χ4n) is 2.63. The van der Waals surface area contributed by atoms with Crippen molar-refractivity contribution in [3.05, 3.63) is 48.6 Å². The van der Waals surface area contributed by atoms with E-state index in [2.05, 4.69) is 59.9 Å². The number of hydrogen-bond acceptors (Lipinski definition) is 2. The molecule has 0 amide bonds. The topological polar surface area (TPSA) is 26.3 Å². The van der Waals surface area contributed by atoms with E-state index in [-0.39, 0.29) is 11.4 Å². The molecule has 0 rings (SSSR count). The summed E-state index contributed by atoms with van der Waals surface area (Å²) >= 11 is 0. The molecule has 2 heteroatoms. The molecule has 0 fully saturated rings. The Morgan fingerprint density at radius 3 is 1.85 bits per heavy atom. The van der Waals surface area contributed by atoms with Gasteiger partial charge in [-0.2, -0.15) is 0 Å². The van der Waals surface area contributed by atoms with Crippen molar-refractivity contribution in [2.45, 2.75) is 92.1 Å². The fourth-order valence-corrected chi connectivity index (χ4v) is 2.63. The third kappa shape index (κ3) is 9.79. The third-order valence-corrected chi connectivity index (χ3v) is 5.28. The van der Waals surface area contributed by atoms with Crippen LogP contribution >= 0.6 is 0 Å². The van der Waals surface area contributed by atoms with Gasteiger partial charge in [0.2, 0.25) is 0 Å². The summed E-state index contributed by atoms with van der Waals surface area (Å²) in [5.74, 6) is -0.179. The van der Waals surface area contributed by atoms with Crippen LogP contribution in [0.3, 0.4) is 0 Å². The van der Waals surface area contributed by atoms with Crippen LogP contribution in [0.4, 0.5) is 0 Å². The molecule has 2 nitrogen and oxygen atoms in total. The zero-order chi connectivity index (χ0) is 20.2.